The first kappa shape index (κ1) is 10.7. The van der Waals surface area contributed by atoms with Crippen molar-refractivity contribution in [3.8, 4) is 0 Å². The Balaban J connectivity index is 2.87. The zero-order chi connectivity index (χ0) is 10.6. The van der Waals surface area contributed by atoms with Crippen molar-refractivity contribution in [2.45, 2.75) is 19.9 Å². The molecule has 4 nitrogen and oxygen atoms in total. The molecule has 1 amide bonds. The number of aromatic nitrogens is 1. The van der Waals surface area contributed by atoms with E-state index in [1.54, 1.807) is 6.20 Å². The molecule has 4 heteroatoms. The van der Waals surface area contributed by atoms with E-state index in [0.717, 1.165) is 11.3 Å². The summed E-state index contributed by atoms with van der Waals surface area (Å²) in [5.41, 5.74) is 7.00. The Bertz CT molecular complexity index is 308. The van der Waals surface area contributed by atoms with E-state index in [0.29, 0.717) is 6.54 Å². The number of aryl methyl sites for hydroxylation is 1. The van der Waals surface area contributed by atoms with Gasteiger partial charge >= 0.3 is 0 Å². The average Bonchev–Trinajstić information content (AvgIpc) is 2.15. The SMILES string of the molecule is CCNC(C(N)=O)c1ccc(C)nc1. The van der Waals surface area contributed by atoms with Crippen LogP contribution in [0.3, 0.4) is 0 Å². The molecule has 14 heavy (non-hydrogen) atoms. The van der Waals surface area contributed by atoms with Crippen molar-refractivity contribution in [1.29, 1.82) is 0 Å². The molecule has 0 bridgehead atoms. The minimum absolute atomic E-state index is 0.377. The first-order valence-electron chi connectivity index (χ1n) is 4.60. The Morgan fingerprint density at radius 2 is 2.36 bits per heavy atom. The van der Waals surface area contributed by atoms with Gasteiger partial charge in [0.15, 0.2) is 0 Å². The van der Waals surface area contributed by atoms with Crippen LogP contribution in [0.5, 0.6) is 0 Å². The zero-order valence-corrected chi connectivity index (χ0v) is 8.45. The lowest BCUT2D eigenvalue weighted by molar-refractivity contribution is -0.120. The highest BCUT2D eigenvalue weighted by molar-refractivity contribution is 5.81. The minimum atomic E-state index is -0.437. The number of primary amides is 1. The van der Waals surface area contributed by atoms with E-state index < -0.39 is 6.04 Å². The third-order valence-electron chi connectivity index (χ3n) is 1.96. The molecule has 1 atom stereocenters. The number of likely N-dealkylation sites (N-methyl/N-ethyl adjacent to an activating group) is 1. The molecule has 1 aromatic rings. The number of pyridine rings is 1. The molecule has 76 valence electrons. The summed E-state index contributed by atoms with van der Waals surface area (Å²) in [5, 5.41) is 3.00. The fourth-order valence-electron chi connectivity index (χ4n) is 1.24. The third kappa shape index (κ3) is 2.53. The first-order valence-corrected chi connectivity index (χ1v) is 4.60. The summed E-state index contributed by atoms with van der Waals surface area (Å²) in [6, 6.07) is 3.29. The molecule has 1 heterocycles. The van der Waals surface area contributed by atoms with Gasteiger partial charge in [0.05, 0.1) is 0 Å². The molecule has 0 fully saturated rings. The maximum atomic E-state index is 11.1. The second-order valence-corrected chi connectivity index (χ2v) is 3.13. The largest absolute Gasteiger partial charge is 0.368 e. The summed E-state index contributed by atoms with van der Waals surface area (Å²) in [4.78, 5) is 15.2. The van der Waals surface area contributed by atoms with Gasteiger partial charge in [-0.2, -0.15) is 0 Å². The van der Waals surface area contributed by atoms with Crippen molar-refractivity contribution < 1.29 is 4.79 Å². The van der Waals surface area contributed by atoms with Crippen LogP contribution in [0.15, 0.2) is 18.3 Å². The van der Waals surface area contributed by atoms with Crippen LogP contribution < -0.4 is 11.1 Å². The molecule has 0 saturated carbocycles. The van der Waals surface area contributed by atoms with Crippen molar-refractivity contribution >= 4 is 5.91 Å². The van der Waals surface area contributed by atoms with E-state index in [1.807, 2.05) is 26.0 Å². The minimum Gasteiger partial charge on any atom is -0.368 e. The van der Waals surface area contributed by atoms with Crippen LogP contribution in [-0.2, 0) is 4.79 Å². The summed E-state index contributed by atoms with van der Waals surface area (Å²) in [6.07, 6.45) is 1.67. The molecule has 0 aliphatic rings. The smallest absolute Gasteiger partial charge is 0.239 e. The molecule has 0 radical (unpaired) electrons. The van der Waals surface area contributed by atoms with Gasteiger partial charge < -0.3 is 11.1 Å². The van der Waals surface area contributed by atoms with Gasteiger partial charge in [0.25, 0.3) is 0 Å². The van der Waals surface area contributed by atoms with Crippen LogP contribution in [-0.4, -0.2) is 17.4 Å². The van der Waals surface area contributed by atoms with Crippen LogP contribution in [0.25, 0.3) is 0 Å². The lowest BCUT2D eigenvalue weighted by Gasteiger charge is -2.13. The molecule has 0 aliphatic carbocycles. The van der Waals surface area contributed by atoms with Gasteiger partial charge in [0, 0.05) is 11.9 Å². The third-order valence-corrected chi connectivity index (χ3v) is 1.96. The molecule has 1 unspecified atom stereocenters. The lowest BCUT2D eigenvalue weighted by Crippen LogP contribution is -2.33. The van der Waals surface area contributed by atoms with Gasteiger partial charge in [0.1, 0.15) is 6.04 Å². The predicted molar refractivity (Wildman–Crippen MR) is 54.6 cm³/mol. The molecule has 0 spiro atoms. The van der Waals surface area contributed by atoms with Gasteiger partial charge in [-0.05, 0) is 25.1 Å². The predicted octanol–water partition coefficient (Wildman–Crippen LogP) is 0.526. The van der Waals surface area contributed by atoms with Crippen LogP contribution in [0.4, 0.5) is 0 Å². The van der Waals surface area contributed by atoms with Crippen molar-refractivity contribution in [2.24, 2.45) is 5.73 Å². The maximum absolute atomic E-state index is 11.1. The summed E-state index contributed by atoms with van der Waals surface area (Å²) in [7, 11) is 0. The van der Waals surface area contributed by atoms with Crippen LogP contribution in [0.2, 0.25) is 0 Å². The maximum Gasteiger partial charge on any atom is 0.239 e. The second kappa shape index (κ2) is 4.72. The number of hydrogen-bond donors (Lipinski definition) is 2. The van der Waals surface area contributed by atoms with E-state index in [-0.39, 0.29) is 5.91 Å². The molecule has 0 saturated heterocycles. The first-order chi connectivity index (χ1) is 6.65. The molecular formula is C10H15N3O. The van der Waals surface area contributed by atoms with E-state index in [1.165, 1.54) is 0 Å². The van der Waals surface area contributed by atoms with E-state index in [2.05, 4.69) is 10.3 Å². The molecule has 0 aromatic carbocycles. The van der Waals surface area contributed by atoms with Gasteiger partial charge in [-0.15, -0.1) is 0 Å². The average molecular weight is 193 g/mol. The van der Waals surface area contributed by atoms with Gasteiger partial charge in [-0.1, -0.05) is 13.0 Å². The Morgan fingerprint density at radius 1 is 1.64 bits per heavy atom. The van der Waals surface area contributed by atoms with Crippen molar-refractivity contribution in [3.05, 3.63) is 29.6 Å². The van der Waals surface area contributed by atoms with Crippen LogP contribution >= 0.6 is 0 Å². The van der Waals surface area contributed by atoms with Crippen LogP contribution in [0, 0.1) is 6.92 Å². The Kier molecular flexibility index (Phi) is 3.59. The molecule has 1 rings (SSSR count). The quantitative estimate of drug-likeness (QED) is 0.732. The Morgan fingerprint density at radius 3 is 2.79 bits per heavy atom. The highest BCUT2D eigenvalue weighted by Gasteiger charge is 2.15. The van der Waals surface area contributed by atoms with Gasteiger partial charge in [0.2, 0.25) is 5.91 Å². The number of nitrogens with zero attached hydrogens (tertiary/aromatic N) is 1. The lowest BCUT2D eigenvalue weighted by atomic mass is 10.1. The fraction of sp³-hybridized carbons (Fsp3) is 0.400. The Hall–Kier alpha value is -1.42. The van der Waals surface area contributed by atoms with E-state index >= 15 is 0 Å². The standard InChI is InChI=1S/C10H15N3O/c1-3-12-9(10(11)14)8-5-4-7(2)13-6-8/h4-6,9,12H,3H2,1-2H3,(H2,11,14). The zero-order valence-electron chi connectivity index (χ0n) is 8.45. The molecule has 3 N–H and O–H groups in total. The number of nitrogens with one attached hydrogen (secondary N) is 1. The number of nitrogens with two attached hydrogens (primary N) is 1. The van der Waals surface area contributed by atoms with E-state index in [9.17, 15) is 4.79 Å². The van der Waals surface area contributed by atoms with Crippen molar-refractivity contribution in [1.82, 2.24) is 10.3 Å². The fourth-order valence-corrected chi connectivity index (χ4v) is 1.24. The number of amides is 1. The summed E-state index contributed by atoms with van der Waals surface area (Å²) < 4.78 is 0. The molecule has 1 aromatic heterocycles. The number of carbonyl (C=O) groups is 1. The molecular weight excluding hydrogens is 178 g/mol. The monoisotopic (exact) mass is 193 g/mol. The van der Waals surface area contributed by atoms with Crippen molar-refractivity contribution in [2.75, 3.05) is 6.54 Å². The topological polar surface area (TPSA) is 68.0 Å². The Labute approximate surface area is 83.5 Å². The summed E-state index contributed by atoms with van der Waals surface area (Å²) in [6.45, 7) is 4.52. The highest BCUT2D eigenvalue weighted by atomic mass is 16.1. The highest BCUT2D eigenvalue weighted by Crippen LogP contribution is 2.11. The second-order valence-electron chi connectivity index (χ2n) is 3.13. The summed E-state index contributed by atoms with van der Waals surface area (Å²) in [5.74, 6) is -0.377. The number of rotatable bonds is 4. The number of hydrogen-bond acceptors (Lipinski definition) is 3. The normalized spacial score (nSPS) is 12.4. The number of carbonyl (C=O) groups excluding carboxylic acids is 1. The molecule has 0 aliphatic heterocycles. The van der Waals surface area contributed by atoms with Crippen molar-refractivity contribution in [3.63, 3.8) is 0 Å². The van der Waals surface area contributed by atoms with Crippen LogP contribution in [0.1, 0.15) is 24.2 Å². The van der Waals surface area contributed by atoms with Gasteiger partial charge in [-0.25, -0.2) is 0 Å². The van der Waals surface area contributed by atoms with Gasteiger partial charge in [-0.3, -0.25) is 9.78 Å². The van der Waals surface area contributed by atoms with E-state index in [4.69, 9.17) is 5.73 Å². The summed E-state index contributed by atoms with van der Waals surface area (Å²) >= 11 is 0.